The molecule has 158 valence electrons. The Morgan fingerprint density at radius 2 is 1.90 bits per heavy atom. The summed E-state index contributed by atoms with van der Waals surface area (Å²) in [5.74, 6) is 0.614. The van der Waals surface area contributed by atoms with Gasteiger partial charge in [-0.05, 0) is 23.8 Å². The fourth-order valence-corrected chi connectivity index (χ4v) is 4.07. The summed E-state index contributed by atoms with van der Waals surface area (Å²) >= 11 is 0. The molecule has 2 amide bonds. The Labute approximate surface area is 180 Å². The van der Waals surface area contributed by atoms with Crippen molar-refractivity contribution in [3.63, 3.8) is 0 Å². The van der Waals surface area contributed by atoms with Crippen molar-refractivity contribution in [2.45, 2.75) is 6.54 Å². The number of aromatic nitrogens is 1. The van der Waals surface area contributed by atoms with E-state index in [1.54, 1.807) is 13.3 Å². The normalized spacial score (nSPS) is 14.8. The van der Waals surface area contributed by atoms with Crippen molar-refractivity contribution in [2.75, 3.05) is 38.6 Å². The van der Waals surface area contributed by atoms with Gasteiger partial charge < -0.3 is 19.4 Å². The highest BCUT2D eigenvalue weighted by Gasteiger charge is 2.22. The van der Waals surface area contributed by atoms with Gasteiger partial charge in [-0.1, -0.05) is 24.3 Å². The highest BCUT2D eigenvalue weighted by molar-refractivity contribution is 6.07. The molecule has 2 aromatic carbocycles. The number of para-hydroxylation sites is 1. The minimum Gasteiger partial charge on any atom is -0.495 e. The van der Waals surface area contributed by atoms with E-state index in [0.717, 1.165) is 41.6 Å². The maximum Gasteiger partial charge on any atom is 0.322 e. The fourth-order valence-electron chi connectivity index (χ4n) is 4.07. The number of pyridine rings is 1. The van der Waals surface area contributed by atoms with Gasteiger partial charge in [-0.15, -0.1) is 0 Å². The van der Waals surface area contributed by atoms with E-state index in [4.69, 9.17) is 9.15 Å². The number of nitrogens with zero attached hydrogens (tertiary/aromatic N) is 3. The van der Waals surface area contributed by atoms with Gasteiger partial charge in [-0.3, -0.25) is 9.88 Å². The topological polar surface area (TPSA) is 70.8 Å². The van der Waals surface area contributed by atoms with Crippen LogP contribution in [0.4, 0.5) is 10.5 Å². The predicted molar refractivity (Wildman–Crippen MR) is 120 cm³/mol. The van der Waals surface area contributed by atoms with Gasteiger partial charge in [0.25, 0.3) is 0 Å². The molecule has 3 heterocycles. The van der Waals surface area contributed by atoms with Crippen molar-refractivity contribution in [2.24, 2.45) is 0 Å². The Kier molecular flexibility index (Phi) is 5.18. The fraction of sp³-hybridized carbons (Fsp3) is 0.250. The largest absolute Gasteiger partial charge is 0.495 e. The van der Waals surface area contributed by atoms with Crippen LogP contribution >= 0.6 is 0 Å². The van der Waals surface area contributed by atoms with Gasteiger partial charge in [0.1, 0.15) is 16.9 Å². The van der Waals surface area contributed by atoms with Crippen molar-refractivity contribution >= 4 is 33.7 Å². The number of hydrogen-bond acceptors (Lipinski definition) is 5. The van der Waals surface area contributed by atoms with Crippen molar-refractivity contribution < 1.29 is 13.9 Å². The number of rotatable bonds is 4. The van der Waals surface area contributed by atoms with E-state index in [1.165, 1.54) is 5.56 Å². The number of furan rings is 1. The first-order valence-electron chi connectivity index (χ1n) is 10.4. The summed E-state index contributed by atoms with van der Waals surface area (Å²) in [6, 6.07) is 15.5. The molecule has 2 aromatic heterocycles. The summed E-state index contributed by atoms with van der Waals surface area (Å²) in [6.45, 7) is 3.83. The van der Waals surface area contributed by atoms with Gasteiger partial charge in [-0.2, -0.15) is 0 Å². The minimum atomic E-state index is -0.130. The van der Waals surface area contributed by atoms with E-state index < -0.39 is 0 Å². The van der Waals surface area contributed by atoms with Gasteiger partial charge >= 0.3 is 6.03 Å². The standard InChI is InChI=1S/C24H24N4O3/c1-30-23-13-19-18-6-2-3-7-21(18)31-22(19)14-20(23)26-24(29)28-11-9-27(10-12-28)16-17-5-4-8-25-15-17/h2-8,13-15H,9-12,16H2,1H3,(H,26,29). The Morgan fingerprint density at radius 3 is 2.68 bits per heavy atom. The molecule has 0 atom stereocenters. The molecule has 1 aliphatic heterocycles. The first-order chi connectivity index (χ1) is 15.2. The number of hydrogen-bond donors (Lipinski definition) is 1. The van der Waals surface area contributed by atoms with Gasteiger partial charge in [-0.25, -0.2) is 4.79 Å². The number of amides is 2. The highest BCUT2D eigenvalue weighted by Crippen LogP contribution is 2.36. The number of nitrogens with one attached hydrogen (secondary N) is 1. The third-order valence-corrected chi connectivity index (χ3v) is 5.73. The molecule has 0 saturated carbocycles. The van der Waals surface area contributed by atoms with E-state index in [0.29, 0.717) is 24.5 Å². The molecule has 5 rings (SSSR count). The Morgan fingerprint density at radius 1 is 1.06 bits per heavy atom. The Balaban J connectivity index is 1.28. The number of urea groups is 1. The molecule has 0 bridgehead atoms. The molecule has 0 unspecified atom stereocenters. The molecule has 7 heteroatoms. The van der Waals surface area contributed by atoms with E-state index in [2.05, 4.69) is 21.3 Å². The number of fused-ring (bicyclic) bond motifs is 3. The number of carbonyl (C=O) groups is 1. The minimum absolute atomic E-state index is 0.130. The summed E-state index contributed by atoms with van der Waals surface area (Å²) in [4.78, 5) is 21.3. The molecule has 0 aliphatic carbocycles. The second kappa shape index (κ2) is 8.28. The average Bonchev–Trinajstić information content (AvgIpc) is 3.17. The number of anilines is 1. The third kappa shape index (κ3) is 3.92. The molecular formula is C24H24N4O3. The van der Waals surface area contributed by atoms with Crippen LogP contribution in [0.2, 0.25) is 0 Å². The molecule has 0 spiro atoms. The summed E-state index contributed by atoms with van der Waals surface area (Å²) in [7, 11) is 1.61. The molecule has 0 radical (unpaired) electrons. The van der Waals surface area contributed by atoms with Crippen LogP contribution in [-0.2, 0) is 6.54 Å². The monoisotopic (exact) mass is 416 g/mol. The zero-order valence-electron chi connectivity index (χ0n) is 17.4. The lowest BCUT2D eigenvalue weighted by Crippen LogP contribution is -2.49. The molecule has 1 fully saturated rings. The van der Waals surface area contributed by atoms with E-state index in [9.17, 15) is 4.79 Å². The molecule has 7 nitrogen and oxygen atoms in total. The molecule has 1 aliphatic rings. The summed E-state index contributed by atoms with van der Waals surface area (Å²) in [5, 5.41) is 5.00. The smallest absolute Gasteiger partial charge is 0.322 e. The van der Waals surface area contributed by atoms with Crippen LogP contribution in [0.3, 0.4) is 0 Å². The van der Waals surface area contributed by atoms with Crippen LogP contribution in [0.1, 0.15) is 5.56 Å². The van der Waals surface area contributed by atoms with E-state index in [1.807, 2.05) is 53.6 Å². The van der Waals surface area contributed by atoms with Gasteiger partial charge in [0.2, 0.25) is 0 Å². The van der Waals surface area contributed by atoms with Crippen LogP contribution in [0, 0.1) is 0 Å². The zero-order valence-corrected chi connectivity index (χ0v) is 17.4. The van der Waals surface area contributed by atoms with Crippen LogP contribution in [0.25, 0.3) is 21.9 Å². The number of benzene rings is 2. The van der Waals surface area contributed by atoms with Crippen molar-refractivity contribution in [3.8, 4) is 5.75 Å². The van der Waals surface area contributed by atoms with Crippen molar-refractivity contribution in [1.29, 1.82) is 0 Å². The van der Waals surface area contributed by atoms with Gasteiger partial charge in [0.05, 0.1) is 12.8 Å². The van der Waals surface area contributed by atoms with Gasteiger partial charge in [0.15, 0.2) is 0 Å². The van der Waals surface area contributed by atoms with Crippen LogP contribution in [0.5, 0.6) is 5.75 Å². The van der Waals surface area contributed by atoms with Gasteiger partial charge in [0, 0.05) is 62.0 Å². The number of carbonyl (C=O) groups excluding carboxylic acids is 1. The Hall–Kier alpha value is -3.58. The second-order valence-electron chi connectivity index (χ2n) is 7.70. The van der Waals surface area contributed by atoms with E-state index in [-0.39, 0.29) is 6.03 Å². The molecule has 1 saturated heterocycles. The summed E-state index contributed by atoms with van der Waals surface area (Å²) in [5.41, 5.74) is 3.33. The first-order valence-corrected chi connectivity index (χ1v) is 10.4. The van der Waals surface area contributed by atoms with E-state index >= 15 is 0 Å². The first kappa shape index (κ1) is 19.4. The zero-order chi connectivity index (χ0) is 21.2. The number of ether oxygens (including phenoxy) is 1. The lowest BCUT2D eigenvalue weighted by molar-refractivity contribution is 0.143. The quantitative estimate of drug-likeness (QED) is 0.536. The highest BCUT2D eigenvalue weighted by atomic mass is 16.5. The number of piperazine rings is 1. The third-order valence-electron chi connectivity index (χ3n) is 5.73. The molecule has 4 aromatic rings. The summed E-state index contributed by atoms with van der Waals surface area (Å²) < 4.78 is 11.5. The molecule has 1 N–H and O–H groups in total. The van der Waals surface area contributed by atoms with Crippen LogP contribution in [-0.4, -0.2) is 54.1 Å². The lowest BCUT2D eigenvalue weighted by Gasteiger charge is -2.34. The molecule has 31 heavy (non-hydrogen) atoms. The van der Waals surface area contributed by atoms with Crippen LogP contribution in [0.15, 0.2) is 65.3 Å². The maximum absolute atomic E-state index is 12.9. The lowest BCUT2D eigenvalue weighted by atomic mass is 10.1. The SMILES string of the molecule is COc1cc2c(cc1NC(=O)N1CCN(Cc3cccnc3)CC1)oc1ccccc12. The molecular weight excluding hydrogens is 392 g/mol. The van der Waals surface area contributed by atoms with Crippen molar-refractivity contribution in [3.05, 3.63) is 66.5 Å². The number of methoxy groups -OCH3 is 1. The van der Waals surface area contributed by atoms with Crippen molar-refractivity contribution in [1.82, 2.24) is 14.8 Å². The average molecular weight is 416 g/mol. The maximum atomic E-state index is 12.9. The summed E-state index contributed by atoms with van der Waals surface area (Å²) in [6.07, 6.45) is 3.67. The second-order valence-corrected chi connectivity index (χ2v) is 7.70. The van der Waals surface area contributed by atoms with Crippen LogP contribution < -0.4 is 10.1 Å². The Bertz CT molecular complexity index is 1210. The predicted octanol–water partition coefficient (Wildman–Crippen LogP) is 4.34.